The van der Waals surface area contributed by atoms with Crippen LogP contribution in [0.4, 0.5) is 15.5 Å². The van der Waals surface area contributed by atoms with Gasteiger partial charge in [-0.3, -0.25) is 9.59 Å². The van der Waals surface area contributed by atoms with Gasteiger partial charge < -0.3 is 24.2 Å². The van der Waals surface area contributed by atoms with Crippen molar-refractivity contribution in [3.8, 4) is 0 Å². The van der Waals surface area contributed by atoms with Gasteiger partial charge in [-0.2, -0.15) is 0 Å². The van der Waals surface area contributed by atoms with E-state index in [4.69, 9.17) is 4.74 Å². The van der Waals surface area contributed by atoms with Crippen molar-refractivity contribution in [1.82, 2.24) is 0 Å². The summed E-state index contributed by atoms with van der Waals surface area (Å²) in [4.78, 5) is 26.5. The number of fused-ring (bicyclic) bond motifs is 2. The van der Waals surface area contributed by atoms with Crippen molar-refractivity contribution in [2.45, 2.75) is 50.1 Å². The van der Waals surface area contributed by atoms with Crippen LogP contribution in [0, 0.1) is 5.92 Å². The van der Waals surface area contributed by atoms with Gasteiger partial charge in [0.15, 0.2) is 5.60 Å². The summed E-state index contributed by atoms with van der Waals surface area (Å²) < 4.78 is 21.4. The highest BCUT2D eigenvalue weighted by atomic mass is 28.4. The number of aliphatic hydroxyl groups excluding tert-OH is 1. The Morgan fingerprint density at radius 2 is 2.15 bits per heavy atom. The smallest absolute Gasteiger partial charge is 0.261 e. The fraction of sp³-hybridized carbons (Fsp3) is 0.579. The third kappa shape index (κ3) is 2.57. The van der Waals surface area contributed by atoms with Gasteiger partial charge in [0.2, 0.25) is 14.3 Å². The average molecular weight is 393 g/mol. The lowest BCUT2D eigenvalue weighted by molar-refractivity contribution is -0.143. The van der Waals surface area contributed by atoms with Gasteiger partial charge in [-0.25, -0.2) is 0 Å². The minimum Gasteiger partial charge on any atom is -0.396 e. The van der Waals surface area contributed by atoms with E-state index in [0.717, 1.165) is 5.69 Å². The molecule has 2 fully saturated rings. The predicted molar refractivity (Wildman–Crippen MR) is 102 cm³/mol. The fourth-order valence-electron chi connectivity index (χ4n) is 5.01. The van der Waals surface area contributed by atoms with Crippen LogP contribution in [0.25, 0.3) is 0 Å². The maximum atomic E-state index is 15.2. The minimum atomic E-state index is -3.15. The Balaban J connectivity index is 1.80. The van der Waals surface area contributed by atoms with Crippen molar-refractivity contribution >= 4 is 31.6 Å². The number of β-lactam (4-membered cyclic amide) rings is 1. The van der Waals surface area contributed by atoms with Crippen LogP contribution >= 0.6 is 0 Å². The van der Waals surface area contributed by atoms with Crippen LogP contribution in [0.5, 0.6) is 0 Å². The highest BCUT2D eigenvalue weighted by molar-refractivity contribution is 6.72. The number of aliphatic hydroxyl groups is 1. The maximum Gasteiger partial charge on any atom is 0.261 e. The molecule has 3 aliphatic rings. The fourth-order valence-corrected chi connectivity index (χ4v) is 7.55. The van der Waals surface area contributed by atoms with Crippen molar-refractivity contribution in [2.24, 2.45) is 5.92 Å². The first-order valence-electron chi connectivity index (χ1n) is 9.44. The molecule has 3 heterocycles. The van der Waals surface area contributed by atoms with Gasteiger partial charge in [0.1, 0.15) is 0 Å². The number of nitrogens with one attached hydrogen (secondary N) is 1. The number of anilines is 2. The number of benzene rings is 1. The second kappa shape index (κ2) is 6.12. The molecule has 0 aromatic heterocycles. The van der Waals surface area contributed by atoms with E-state index in [1.54, 1.807) is 24.1 Å². The van der Waals surface area contributed by atoms with Crippen molar-refractivity contribution in [3.05, 3.63) is 23.8 Å². The highest BCUT2D eigenvalue weighted by Gasteiger charge is 2.65. The zero-order valence-electron chi connectivity index (χ0n) is 15.8. The van der Waals surface area contributed by atoms with E-state index in [-0.39, 0.29) is 24.3 Å². The van der Waals surface area contributed by atoms with Crippen LogP contribution in [0.3, 0.4) is 0 Å². The number of hydrogen-bond donors (Lipinski definition) is 2. The predicted octanol–water partition coefficient (Wildman–Crippen LogP) is 2.53. The summed E-state index contributed by atoms with van der Waals surface area (Å²) in [5.41, 5.74) is 0.359. The molecule has 3 aliphatic heterocycles. The molecule has 2 saturated heterocycles. The number of carbonyl (C=O) groups excluding carboxylic acids is 2. The Bertz CT molecular complexity index is 811. The quantitative estimate of drug-likeness (QED) is 0.469. The Kier molecular flexibility index (Phi) is 4.21. The number of halogens is 1. The van der Waals surface area contributed by atoms with E-state index in [0.29, 0.717) is 30.6 Å². The lowest BCUT2D eigenvalue weighted by Gasteiger charge is -2.33. The van der Waals surface area contributed by atoms with Gasteiger partial charge >= 0.3 is 0 Å². The van der Waals surface area contributed by atoms with E-state index in [1.165, 1.54) is 0 Å². The van der Waals surface area contributed by atoms with E-state index in [1.807, 2.05) is 19.1 Å². The Labute approximate surface area is 158 Å². The summed E-state index contributed by atoms with van der Waals surface area (Å²) >= 11 is 0. The lowest BCUT2D eigenvalue weighted by atomic mass is 9.82. The number of rotatable bonds is 4. The molecule has 0 saturated carbocycles. The summed E-state index contributed by atoms with van der Waals surface area (Å²) in [7, 11) is -3.15. The molecule has 0 bridgehead atoms. The number of ether oxygens (including phenoxy) is 1. The normalized spacial score (nSPS) is 32.6. The molecular weight excluding hydrogens is 367 g/mol. The minimum absolute atomic E-state index is 0.0509. The lowest BCUT2D eigenvalue weighted by Crippen LogP contribution is -2.44. The highest BCUT2D eigenvalue weighted by Crippen LogP contribution is 2.59. The molecule has 146 valence electrons. The molecule has 1 aromatic carbocycles. The molecule has 27 heavy (non-hydrogen) atoms. The molecule has 0 aliphatic carbocycles. The van der Waals surface area contributed by atoms with Crippen molar-refractivity contribution in [1.29, 1.82) is 0 Å². The maximum absolute atomic E-state index is 15.2. The average Bonchev–Trinajstić information content (AvgIpc) is 3.02. The van der Waals surface area contributed by atoms with Crippen LogP contribution in [0.1, 0.15) is 25.3 Å². The van der Waals surface area contributed by atoms with E-state index < -0.39 is 25.7 Å². The van der Waals surface area contributed by atoms with Crippen LogP contribution in [0.2, 0.25) is 18.6 Å². The van der Waals surface area contributed by atoms with Crippen LogP contribution < -0.4 is 10.2 Å². The Morgan fingerprint density at radius 1 is 1.41 bits per heavy atom. The van der Waals surface area contributed by atoms with Gasteiger partial charge in [0.25, 0.3) is 5.91 Å². The zero-order chi connectivity index (χ0) is 19.6. The summed E-state index contributed by atoms with van der Waals surface area (Å²) in [6.45, 7) is 5.66. The molecule has 4 atom stereocenters. The molecule has 1 spiro atoms. The third-order valence-corrected chi connectivity index (χ3v) is 8.73. The van der Waals surface area contributed by atoms with Gasteiger partial charge in [0, 0.05) is 48.0 Å². The van der Waals surface area contributed by atoms with E-state index >= 15 is 4.11 Å². The summed E-state index contributed by atoms with van der Waals surface area (Å²) in [5.74, 6) is -0.611. The van der Waals surface area contributed by atoms with E-state index in [9.17, 15) is 14.7 Å². The Hall–Kier alpha value is -1.77. The summed E-state index contributed by atoms with van der Waals surface area (Å²) in [6.07, 6.45) is 0.307. The van der Waals surface area contributed by atoms with Crippen LogP contribution in [-0.2, 0) is 19.9 Å². The number of amides is 2. The Morgan fingerprint density at radius 3 is 2.70 bits per heavy atom. The molecule has 0 radical (unpaired) electrons. The van der Waals surface area contributed by atoms with Crippen LogP contribution in [0.15, 0.2) is 18.2 Å². The standard InChI is InChI=1S/C19H25FN2O4Si/c1-11-17(27(2,3)20)15(7-9-23)26-19(11)13-10-12(22-8-6-16(22)24)4-5-14(13)21-18(19)25/h4-5,10-11,15,17,23H,6-9H2,1-3H3,(H,21,25)/t11-,15+,17-,19+/m1/s1. The molecule has 8 heteroatoms. The van der Waals surface area contributed by atoms with Gasteiger partial charge in [-0.1, -0.05) is 6.92 Å². The van der Waals surface area contributed by atoms with Crippen LogP contribution in [-0.4, -0.2) is 44.6 Å². The number of hydrogen-bond acceptors (Lipinski definition) is 4. The topological polar surface area (TPSA) is 78.9 Å². The van der Waals surface area contributed by atoms with Gasteiger partial charge in [-0.15, -0.1) is 0 Å². The van der Waals surface area contributed by atoms with Gasteiger partial charge in [0.05, 0.1) is 6.10 Å². The second-order valence-corrected chi connectivity index (χ2v) is 12.1. The van der Waals surface area contributed by atoms with E-state index in [2.05, 4.69) is 5.32 Å². The summed E-state index contributed by atoms with van der Waals surface area (Å²) in [6, 6.07) is 5.42. The molecule has 0 unspecified atom stereocenters. The first-order valence-corrected chi connectivity index (χ1v) is 12.4. The number of nitrogens with zero attached hydrogens (tertiary/aromatic N) is 1. The molecular formula is C19H25FN2O4Si. The summed E-state index contributed by atoms with van der Waals surface area (Å²) in [5, 5.41) is 12.3. The second-order valence-electron chi connectivity index (χ2n) is 8.26. The first-order chi connectivity index (χ1) is 12.7. The number of carbonyl (C=O) groups is 2. The van der Waals surface area contributed by atoms with Crippen molar-refractivity contribution in [2.75, 3.05) is 23.4 Å². The van der Waals surface area contributed by atoms with Gasteiger partial charge in [-0.05, 0) is 37.7 Å². The zero-order valence-corrected chi connectivity index (χ0v) is 16.8. The molecule has 1 aromatic rings. The third-order valence-electron chi connectivity index (χ3n) is 6.27. The van der Waals surface area contributed by atoms with Crippen molar-refractivity contribution < 1.29 is 23.5 Å². The molecule has 2 amide bonds. The monoisotopic (exact) mass is 392 g/mol. The SMILES string of the molecule is C[C@@H]1[C@@H]([Si](C)(C)F)[C@H](CCO)O[C@@]12C(=O)Nc1ccc(N3CCC3=O)cc12. The largest absolute Gasteiger partial charge is 0.396 e. The van der Waals surface area contributed by atoms with Crippen molar-refractivity contribution in [3.63, 3.8) is 0 Å². The molecule has 4 rings (SSSR count). The molecule has 6 nitrogen and oxygen atoms in total. The first kappa shape index (κ1) is 18.6. The molecule has 2 N–H and O–H groups in total.